The van der Waals surface area contributed by atoms with Crippen molar-refractivity contribution < 1.29 is 4.79 Å². The molecular weight excluding hydrogens is 270 g/mol. The maximum Gasteiger partial charge on any atom is 0.233 e. The van der Waals surface area contributed by atoms with Crippen molar-refractivity contribution in [3.05, 3.63) is 12.4 Å². The molecule has 1 saturated carbocycles. The number of aryl methyl sites for hydroxylation is 1. The molecule has 4 nitrogen and oxygen atoms in total. The Morgan fingerprint density at radius 1 is 1.50 bits per heavy atom. The molecule has 4 unspecified atom stereocenters. The van der Waals surface area contributed by atoms with E-state index in [0.29, 0.717) is 17.9 Å². The molecule has 0 saturated heterocycles. The van der Waals surface area contributed by atoms with Crippen LogP contribution in [0.4, 0.5) is 0 Å². The lowest BCUT2D eigenvalue weighted by Crippen LogP contribution is -2.46. The molecule has 1 heterocycles. The van der Waals surface area contributed by atoms with E-state index < -0.39 is 0 Å². The van der Waals surface area contributed by atoms with E-state index in [9.17, 15) is 4.79 Å². The average molecular weight is 295 g/mol. The fraction of sp³-hybridized carbons (Fsp3) is 0.733. The lowest BCUT2D eigenvalue weighted by atomic mass is 9.78. The number of rotatable bonds is 4. The minimum atomic E-state index is -0.111. The quantitative estimate of drug-likeness (QED) is 0.869. The van der Waals surface area contributed by atoms with Crippen LogP contribution in [0, 0.1) is 11.8 Å². The molecule has 1 aliphatic rings. The normalized spacial score (nSPS) is 28.1. The summed E-state index contributed by atoms with van der Waals surface area (Å²) in [5, 5.41) is 4.01. The van der Waals surface area contributed by atoms with Gasteiger partial charge in [0.05, 0.1) is 5.25 Å². The van der Waals surface area contributed by atoms with Gasteiger partial charge in [-0.3, -0.25) is 4.79 Å². The van der Waals surface area contributed by atoms with Crippen LogP contribution in [0.15, 0.2) is 17.6 Å². The fourth-order valence-corrected chi connectivity index (χ4v) is 3.60. The zero-order valence-corrected chi connectivity index (χ0v) is 13.6. The highest BCUT2D eigenvalue weighted by molar-refractivity contribution is 8.00. The van der Waals surface area contributed by atoms with E-state index in [1.807, 2.05) is 24.7 Å². The maximum absolute atomic E-state index is 12.3. The van der Waals surface area contributed by atoms with Gasteiger partial charge in [0.15, 0.2) is 5.16 Å². The Morgan fingerprint density at radius 3 is 2.90 bits per heavy atom. The SMILES string of the molecule is CC(Sc1nccn1C)C(=O)NC1CCCC(C)C1C. The van der Waals surface area contributed by atoms with Crippen LogP contribution in [-0.2, 0) is 11.8 Å². The van der Waals surface area contributed by atoms with Crippen molar-refractivity contribution in [3.8, 4) is 0 Å². The Bertz CT molecular complexity index is 460. The molecule has 1 aliphatic carbocycles. The standard InChI is InChI=1S/C15H25N3OS/c1-10-6-5-7-13(11(10)2)17-14(19)12(3)20-15-16-8-9-18(15)4/h8-13H,5-7H2,1-4H3,(H,17,19). The molecule has 1 aromatic heterocycles. The second-order valence-corrected chi connectivity index (χ2v) is 7.27. The first kappa shape index (κ1) is 15.4. The van der Waals surface area contributed by atoms with Gasteiger partial charge < -0.3 is 9.88 Å². The number of carbonyl (C=O) groups is 1. The van der Waals surface area contributed by atoms with Gasteiger partial charge in [0.25, 0.3) is 0 Å². The third kappa shape index (κ3) is 3.57. The predicted octanol–water partition coefficient (Wildman–Crippen LogP) is 2.84. The monoisotopic (exact) mass is 295 g/mol. The summed E-state index contributed by atoms with van der Waals surface area (Å²) >= 11 is 1.52. The third-order valence-corrected chi connectivity index (χ3v) is 5.63. The van der Waals surface area contributed by atoms with Crippen LogP contribution >= 0.6 is 11.8 Å². The maximum atomic E-state index is 12.3. The number of hydrogen-bond donors (Lipinski definition) is 1. The number of hydrogen-bond acceptors (Lipinski definition) is 3. The summed E-state index contributed by atoms with van der Waals surface area (Å²) in [5.74, 6) is 1.40. The van der Waals surface area contributed by atoms with Gasteiger partial charge in [-0.1, -0.05) is 38.5 Å². The highest BCUT2D eigenvalue weighted by Gasteiger charge is 2.29. The van der Waals surface area contributed by atoms with Crippen molar-refractivity contribution in [2.24, 2.45) is 18.9 Å². The third-order valence-electron chi connectivity index (χ3n) is 4.46. The van der Waals surface area contributed by atoms with Crippen LogP contribution in [0.5, 0.6) is 0 Å². The molecule has 0 bridgehead atoms. The van der Waals surface area contributed by atoms with Crippen molar-refractivity contribution in [2.75, 3.05) is 0 Å². The number of nitrogens with one attached hydrogen (secondary N) is 1. The van der Waals surface area contributed by atoms with Crippen LogP contribution in [-0.4, -0.2) is 26.8 Å². The highest BCUT2D eigenvalue weighted by atomic mass is 32.2. The summed E-state index contributed by atoms with van der Waals surface area (Å²) in [6.07, 6.45) is 7.27. The van der Waals surface area contributed by atoms with Crippen LogP contribution in [0.1, 0.15) is 40.0 Å². The molecule has 4 atom stereocenters. The topological polar surface area (TPSA) is 46.9 Å². The van der Waals surface area contributed by atoms with Gasteiger partial charge in [-0.2, -0.15) is 0 Å². The summed E-state index contributed by atoms with van der Waals surface area (Å²) in [4.78, 5) is 16.6. The van der Waals surface area contributed by atoms with Crippen molar-refractivity contribution in [2.45, 2.75) is 56.5 Å². The number of imidazole rings is 1. The molecular formula is C15H25N3OS. The van der Waals surface area contributed by atoms with Gasteiger partial charge in [-0.25, -0.2) is 4.98 Å². The second-order valence-electron chi connectivity index (χ2n) is 5.96. The molecule has 1 N–H and O–H groups in total. The van der Waals surface area contributed by atoms with E-state index in [2.05, 4.69) is 24.1 Å². The lowest BCUT2D eigenvalue weighted by molar-refractivity contribution is -0.121. The minimum Gasteiger partial charge on any atom is -0.352 e. The van der Waals surface area contributed by atoms with E-state index in [-0.39, 0.29) is 11.2 Å². The van der Waals surface area contributed by atoms with Crippen LogP contribution in [0.3, 0.4) is 0 Å². The Labute approximate surface area is 125 Å². The zero-order valence-electron chi connectivity index (χ0n) is 12.8. The molecule has 5 heteroatoms. The summed E-state index contributed by atoms with van der Waals surface area (Å²) in [6, 6.07) is 0.329. The summed E-state index contributed by atoms with van der Waals surface area (Å²) in [7, 11) is 1.95. The summed E-state index contributed by atoms with van der Waals surface area (Å²) in [5.41, 5.74) is 0. The first-order valence-corrected chi connectivity index (χ1v) is 8.31. The number of carbonyl (C=O) groups excluding carboxylic acids is 1. The van der Waals surface area contributed by atoms with Crippen molar-refractivity contribution >= 4 is 17.7 Å². The molecule has 1 aromatic rings. The van der Waals surface area contributed by atoms with E-state index in [4.69, 9.17) is 0 Å². The number of amides is 1. The number of aromatic nitrogens is 2. The average Bonchev–Trinajstić information content (AvgIpc) is 2.80. The molecule has 2 rings (SSSR count). The Hall–Kier alpha value is -0.970. The molecule has 0 aromatic carbocycles. The molecule has 1 fully saturated rings. The van der Waals surface area contributed by atoms with Crippen molar-refractivity contribution in [1.29, 1.82) is 0 Å². The van der Waals surface area contributed by atoms with Crippen molar-refractivity contribution in [1.82, 2.24) is 14.9 Å². The van der Waals surface area contributed by atoms with Crippen molar-refractivity contribution in [3.63, 3.8) is 0 Å². The Balaban J connectivity index is 1.89. The van der Waals surface area contributed by atoms with Gasteiger partial charge in [0, 0.05) is 25.5 Å². The molecule has 1 amide bonds. The summed E-state index contributed by atoms with van der Waals surface area (Å²) < 4.78 is 1.94. The fourth-order valence-electron chi connectivity index (χ4n) is 2.76. The first-order chi connectivity index (χ1) is 9.49. The Morgan fingerprint density at radius 2 is 2.25 bits per heavy atom. The van der Waals surface area contributed by atoms with E-state index in [0.717, 1.165) is 11.6 Å². The largest absolute Gasteiger partial charge is 0.352 e. The number of thioether (sulfide) groups is 1. The lowest BCUT2D eigenvalue weighted by Gasteiger charge is -2.35. The van der Waals surface area contributed by atoms with Crippen LogP contribution in [0.25, 0.3) is 0 Å². The smallest absolute Gasteiger partial charge is 0.233 e. The van der Waals surface area contributed by atoms with Gasteiger partial charge in [0.1, 0.15) is 0 Å². The molecule has 20 heavy (non-hydrogen) atoms. The van der Waals surface area contributed by atoms with E-state index in [1.54, 1.807) is 6.20 Å². The number of nitrogens with zero attached hydrogens (tertiary/aromatic N) is 2. The van der Waals surface area contributed by atoms with Gasteiger partial charge in [-0.05, 0) is 25.2 Å². The molecule has 0 spiro atoms. The minimum absolute atomic E-state index is 0.111. The highest BCUT2D eigenvalue weighted by Crippen LogP contribution is 2.30. The first-order valence-electron chi connectivity index (χ1n) is 7.43. The molecule has 112 valence electrons. The zero-order chi connectivity index (χ0) is 14.7. The summed E-state index contributed by atoms with van der Waals surface area (Å²) in [6.45, 7) is 6.49. The van der Waals surface area contributed by atoms with Crippen LogP contribution in [0.2, 0.25) is 0 Å². The molecule has 0 aliphatic heterocycles. The van der Waals surface area contributed by atoms with E-state index in [1.165, 1.54) is 24.6 Å². The van der Waals surface area contributed by atoms with Crippen LogP contribution < -0.4 is 5.32 Å². The van der Waals surface area contributed by atoms with Gasteiger partial charge >= 0.3 is 0 Å². The second kappa shape index (κ2) is 6.66. The molecule has 0 radical (unpaired) electrons. The predicted molar refractivity (Wildman–Crippen MR) is 82.6 cm³/mol. The van der Waals surface area contributed by atoms with Gasteiger partial charge in [0.2, 0.25) is 5.91 Å². The van der Waals surface area contributed by atoms with E-state index >= 15 is 0 Å². The Kier molecular flexibility index (Phi) is 5.13. The van der Waals surface area contributed by atoms with Gasteiger partial charge in [-0.15, -0.1) is 0 Å².